The van der Waals surface area contributed by atoms with Crippen LogP contribution in [-0.4, -0.2) is 22.0 Å². The number of nitrogens with zero attached hydrogens (tertiary/aromatic N) is 1. The van der Waals surface area contributed by atoms with Crippen molar-refractivity contribution in [2.24, 2.45) is 0 Å². The molecule has 7 heteroatoms. The average molecular weight is 297 g/mol. The summed E-state index contributed by atoms with van der Waals surface area (Å²) in [6.45, 7) is 1.80. The number of amides is 1. The molecule has 0 saturated heterocycles. The highest BCUT2D eigenvalue weighted by molar-refractivity contribution is 7.13. The van der Waals surface area contributed by atoms with Gasteiger partial charge in [-0.05, 0) is 25.1 Å². The normalized spacial score (nSPS) is 10.2. The monoisotopic (exact) mass is 296 g/mol. The molecule has 0 saturated carbocycles. The Morgan fingerprint density at radius 2 is 2.16 bits per heavy atom. The fraction of sp³-hybridized carbons (Fsp3) is 0.0833. The van der Waals surface area contributed by atoms with Crippen LogP contribution in [0.3, 0.4) is 0 Å². The van der Waals surface area contributed by atoms with Crippen molar-refractivity contribution in [2.45, 2.75) is 6.92 Å². The summed E-state index contributed by atoms with van der Waals surface area (Å²) in [5.74, 6) is -1.39. The molecule has 0 aliphatic rings. The van der Waals surface area contributed by atoms with Crippen LogP contribution in [0.1, 0.15) is 25.0 Å². The molecule has 2 N–H and O–H groups in total. The van der Waals surface area contributed by atoms with Crippen LogP contribution < -0.4 is 5.32 Å². The van der Waals surface area contributed by atoms with E-state index >= 15 is 0 Å². The van der Waals surface area contributed by atoms with Crippen LogP contribution in [0.2, 0.25) is 5.02 Å². The second kappa shape index (κ2) is 5.38. The average Bonchev–Trinajstić information content (AvgIpc) is 2.78. The first-order valence-electron chi connectivity index (χ1n) is 5.24. The first kappa shape index (κ1) is 13.5. The van der Waals surface area contributed by atoms with Gasteiger partial charge in [0.25, 0.3) is 5.91 Å². The summed E-state index contributed by atoms with van der Waals surface area (Å²) in [6, 6.07) is 4.12. The van der Waals surface area contributed by atoms with Gasteiger partial charge in [0.15, 0.2) is 0 Å². The van der Waals surface area contributed by atoms with Crippen LogP contribution in [0.25, 0.3) is 0 Å². The summed E-state index contributed by atoms with van der Waals surface area (Å²) < 4.78 is 0. The lowest BCUT2D eigenvalue weighted by Crippen LogP contribution is -2.11. The number of carbonyl (C=O) groups is 2. The fourth-order valence-electron chi connectivity index (χ4n) is 1.40. The molecule has 0 aliphatic heterocycles. The second-order valence-electron chi connectivity index (χ2n) is 3.70. The van der Waals surface area contributed by atoms with Crippen LogP contribution in [-0.2, 0) is 0 Å². The van der Waals surface area contributed by atoms with E-state index in [0.29, 0.717) is 10.6 Å². The Labute approximate surface area is 117 Å². The summed E-state index contributed by atoms with van der Waals surface area (Å²) in [6.07, 6.45) is 1.48. The fourth-order valence-corrected chi connectivity index (χ4v) is 2.30. The number of benzene rings is 1. The van der Waals surface area contributed by atoms with Gasteiger partial charge in [-0.1, -0.05) is 11.6 Å². The zero-order chi connectivity index (χ0) is 14.0. The summed E-state index contributed by atoms with van der Waals surface area (Å²) in [4.78, 5) is 27.1. The Balaban J connectivity index is 2.20. The van der Waals surface area contributed by atoms with E-state index in [1.807, 2.05) is 0 Å². The Hall–Kier alpha value is -1.92. The molecule has 0 aliphatic carbocycles. The number of nitrogens with one attached hydrogen (secondary N) is 1. The predicted molar refractivity (Wildman–Crippen MR) is 73.2 cm³/mol. The lowest BCUT2D eigenvalue weighted by atomic mass is 10.2. The number of aryl methyl sites for hydroxylation is 1. The Kier molecular flexibility index (Phi) is 3.82. The molecule has 0 spiro atoms. The quantitative estimate of drug-likeness (QED) is 0.912. The van der Waals surface area contributed by atoms with Crippen molar-refractivity contribution >= 4 is 40.5 Å². The number of aromatic nitrogens is 1. The van der Waals surface area contributed by atoms with Crippen LogP contribution >= 0.6 is 22.9 Å². The smallest absolute Gasteiger partial charge is 0.335 e. The molecule has 0 unspecified atom stereocenters. The van der Waals surface area contributed by atoms with Gasteiger partial charge in [0.1, 0.15) is 4.88 Å². The van der Waals surface area contributed by atoms with E-state index in [-0.39, 0.29) is 16.5 Å². The summed E-state index contributed by atoms with van der Waals surface area (Å²) >= 11 is 7.19. The number of carbonyl (C=O) groups excluding carboxylic acids is 1. The van der Waals surface area contributed by atoms with Gasteiger partial charge < -0.3 is 10.4 Å². The maximum atomic E-state index is 11.9. The van der Waals surface area contributed by atoms with E-state index in [9.17, 15) is 9.59 Å². The molecule has 2 rings (SSSR count). The number of carboxylic acid groups (broad SMARTS) is 1. The van der Waals surface area contributed by atoms with E-state index in [0.717, 1.165) is 5.01 Å². The van der Waals surface area contributed by atoms with Gasteiger partial charge in [-0.2, -0.15) is 0 Å². The minimum Gasteiger partial charge on any atom is -0.478 e. The molecule has 1 amide bonds. The van der Waals surface area contributed by atoms with Gasteiger partial charge in [0.05, 0.1) is 27.5 Å². The Morgan fingerprint density at radius 1 is 1.42 bits per heavy atom. The predicted octanol–water partition coefficient (Wildman–Crippen LogP) is 3.06. The maximum absolute atomic E-state index is 11.9. The summed E-state index contributed by atoms with van der Waals surface area (Å²) in [5, 5.41) is 12.4. The highest BCUT2D eigenvalue weighted by atomic mass is 35.5. The number of thiazole rings is 1. The van der Waals surface area contributed by atoms with Gasteiger partial charge in [-0.25, -0.2) is 9.78 Å². The van der Waals surface area contributed by atoms with Crippen molar-refractivity contribution in [2.75, 3.05) is 5.32 Å². The van der Waals surface area contributed by atoms with E-state index < -0.39 is 5.97 Å². The minimum atomic E-state index is -1.07. The van der Waals surface area contributed by atoms with Crippen LogP contribution in [0, 0.1) is 6.92 Å². The third kappa shape index (κ3) is 3.10. The second-order valence-corrected chi connectivity index (χ2v) is 5.34. The van der Waals surface area contributed by atoms with Crippen molar-refractivity contribution in [1.82, 2.24) is 4.98 Å². The standard InChI is InChI=1S/C12H9ClN2O3S/c1-6-14-5-10(19-6)11(16)15-9-3-2-7(12(17)18)4-8(9)13/h2-5H,1H3,(H,15,16)(H,17,18). The Morgan fingerprint density at radius 3 is 2.68 bits per heavy atom. The number of halogens is 1. The number of anilines is 1. The van der Waals surface area contributed by atoms with Crippen molar-refractivity contribution in [3.8, 4) is 0 Å². The molecule has 5 nitrogen and oxygen atoms in total. The van der Waals surface area contributed by atoms with Gasteiger partial charge in [-0.15, -0.1) is 11.3 Å². The van der Waals surface area contributed by atoms with E-state index in [2.05, 4.69) is 10.3 Å². The van der Waals surface area contributed by atoms with E-state index in [1.165, 1.54) is 35.7 Å². The molecule has 0 radical (unpaired) electrons. The zero-order valence-corrected chi connectivity index (χ0v) is 11.4. The SMILES string of the molecule is Cc1ncc(C(=O)Nc2ccc(C(=O)O)cc2Cl)s1. The lowest BCUT2D eigenvalue weighted by molar-refractivity contribution is 0.0696. The minimum absolute atomic E-state index is 0.0663. The Bertz CT molecular complexity index is 654. The molecule has 1 aromatic heterocycles. The third-order valence-corrected chi connectivity index (χ3v) is 3.53. The van der Waals surface area contributed by atoms with Crippen molar-refractivity contribution < 1.29 is 14.7 Å². The lowest BCUT2D eigenvalue weighted by Gasteiger charge is -2.06. The number of rotatable bonds is 3. The number of aromatic carboxylic acids is 1. The van der Waals surface area contributed by atoms with Gasteiger partial charge in [-0.3, -0.25) is 4.79 Å². The third-order valence-electron chi connectivity index (χ3n) is 2.31. The molecule has 0 bridgehead atoms. The molecule has 98 valence electrons. The first-order valence-corrected chi connectivity index (χ1v) is 6.43. The molecule has 0 fully saturated rings. The molecule has 1 aromatic carbocycles. The maximum Gasteiger partial charge on any atom is 0.335 e. The molecular formula is C12H9ClN2O3S. The summed E-state index contributed by atoms with van der Waals surface area (Å²) in [5.41, 5.74) is 0.430. The first-order chi connectivity index (χ1) is 8.97. The van der Waals surface area contributed by atoms with Crippen LogP contribution in [0.5, 0.6) is 0 Å². The molecule has 0 atom stereocenters. The van der Waals surface area contributed by atoms with Gasteiger partial charge in [0, 0.05) is 0 Å². The van der Waals surface area contributed by atoms with E-state index in [4.69, 9.17) is 16.7 Å². The largest absolute Gasteiger partial charge is 0.478 e. The highest BCUT2D eigenvalue weighted by Gasteiger charge is 2.12. The number of hydrogen-bond donors (Lipinski definition) is 2. The molecule has 19 heavy (non-hydrogen) atoms. The molecule has 2 aromatic rings. The topological polar surface area (TPSA) is 79.3 Å². The van der Waals surface area contributed by atoms with Crippen LogP contribution in [0.15, 0.2) is 24.4 Å². The van der Waals surface area contributed by atoms with Gasteiger partial charge >= 0.3 is 5.97 Å². The van der Waals surface area contributed by atoms with Crippen molar-refractivity contribution in [1.29, 1.82) is 0 Å². The summed E-state index contributed by atoms with van der Waals surface area (Å²) in [7, 11) is 0. The van der Waals surface area contributed by atoms with Crippen LogP contribution in [0.4, 0.5) is 5.69 Å². The molecule has 1 heterocycles. The highest BCUT2D eigenvalue weighted by Crippen LogP contribution is 2.24. The van der Waals surface area contributed by atoms with Gasteiger partial charge in [0.2, 0.25) is 0 Å². The number of hydrogen-bond acceptors (Lipinski definition) is 4. The van der Waals surface area contributed by atoms with Crippen molar-refractivity contribution in [3.63, 3.8) is 0 Å². The zero-order valence-electron chi connectivity index (χ0n) is 9.81. The van der Waals surface area contributed by atoms with Crippen molar-refractivity contribution in [3.05, 3.63) is 44.9 Å². The number of carboxylic acids is 1. The van der Waals surface area contributed by atoms with E-state index in [1.54, 1.807) is 6.92 Å². The molecular weight excluding hydrogens is 288 g/mol.